The van der Waals surface area contributed by atoms with Gasteiger partial charge in [-0.3, -0.25) is 0 Å². The van der Waals surface area contributed by atoms with E-state index in [4.69, 9.17) is 9.15 Å². The number of rotatable bonds is 3. The van der Waals surface area contributed by atoms with Crippen LogP contribution in [-0.4, -0.2) is 6.61 Å². The van der Waals surface area contributed by atoms with E-state index in [0.717, 1.165) is 58.2 Å². The van der Waals surface area contributed by atoms with E-state index in [9.17, 15) is 4.79 Å². The first-order valence-corrected chi connectivity index (χ1v) is 8.57. The fourth-order valence-electron chi connectivity index (χ4n) is 3.78. The van der Waals surface area contributed by atoms with Crippen molar-refractivity contribution in [3.63, 3.8) is 0 Å². The van der Waals surface area contributed by atoms with Gasteiger partial charge in [-0.05, 0) is 29.5 Å². The van der Waals surface area contributed by atoms with Gasteiger partial charge in [-0.25, -0.2) is 4.79 Å². The van der Waals surface area contributed by atoms with Crippen molar-refractivity contribution in [3.8, 4) is 16.9 Å². The van der Waals surface area contributed by atoms with Gasteiger partial charge in [-0.15, -0.1) is 0 Å². The van der Waals surface area contributed by atoms with E-state index in [1.165, 1.54) is 5.56 Å². The van der Waals surface area contributed by atoms with Gasteiger partial charge in [0.05, 0.1) is 6.61 Å². The summed E-state index contributed by atoms with van der Waals surface area (Å²) < 4.78 is 11.6. The molecule has 2 aromatic carbocycles. The first-order valence-electron chi connectivity index (χ1n) is 8.57. The Labute approximate surface area is 140 Å². The molecule has 1 aliphatic heterocycles. The lowest BCUT2D eigenvalue weighted by atomic mass is 9.88. The van der Waals surface area contributed by atoms with Crippen molar-refractivity contribution < 1.29 is 9.15 Å². The van der Waals surface area contributed by atoms with Gasteiger partial charge < -0.3 is 9.15 Å². The van der Waals surface area contributed by atoms with Crippen LogP contribution in [0.15, 0.2) is 45.6 Å². The zero-order chi connectivity index (χ0) is 16.7. The summed E-state index contributed by atoms with van der Waals surface area (Å²) in [5.74, 6) is 0.891. The van der Waals surface area contributed by atoms with E-state index in [0.29, 0.717) is 6.61 Å². The molecule has 0 amide bonds. The summed E-state index contributed by atoms with van der Waals surface area (Å²) in [6, 6.07) is 12.0. The van der Waals surface area contributed by atoms with Crippen LogP contribution >= 0.6 is 0 Å². The topological polar surface area (TPSA) is 39.4 Å². The molecular weight excluding hydrogens is 300 g/mol. The fourth-order valence-corrected chi connectivity index (χ4v) is 3.78. The van der Waals surface area contributed by atoms with Gasteiger partial charge in [-0.2, -0.15) is 0 Å². The maximum atomic E-state index is 12.0. The molecule has 122 valence electrons. The van der Waals surface area contributed by atoms with E-state index in [2.05, 4.69) is 26.0 Å². The van der Waals surface area contributed by atoms with Gasteiger partial charge in [0.1, 0.15) is 11.3 Å². The summed E-state index contributed by atoms with van der Waals surface area (Å²) in [7, 11) is 0. The van der Waals surface area contributed by atoms with Crippen molar-refractivity contribution in [2.45, 2.75) is 33.1 Å². The SMILES string of the molecule is CCc1cc(=O)oc2c3c(c(-c4ccccc4)c(CC)c12)OCC3. The van der Waals surface area contributed by atoms with Crippen LogP contribution in [0.4, 0.5) is 0 Å². The molecule has 1 aromatic heterocycles. The number of hydrogen-bond acceptors (Lipinski definition) is 3. The van der Waals surface area contributed by atoms with Gasteiger partial charge in [0.15, 0.2) is 0 Å². The molecule has 0 fully saturated rings. The Morgan fingerprint density at radius 1 is 1.08 bits per heavy atom. The van der Waals surface area contributed by atoms with Crippen molar-refractivity contribution >= 4 is 11.0 Å². The van der Waals surface area contributed by atoms with Crippen LogP contribution in [0.1, 0.15) is 30.5 Å². The summed E-state index contributed by atoms with van der Waals surface area (Å²) >= 11 is 0. The van der Waals surface area contributed by atoms with E-state index < -0.39 is 0 Å². The van der Waals surface area contributed by atoms with E-state index in [1.807, 2.05) is 18.2 Å². The zero-order valence-corrected chi connectivity index (χ0v) is 14.0. The van der Waals surface area contributed by atoms with E-state index >= 15 is 0 Å². The maximum Gasteiger partial charge on any atom is 0.336 e. The Bertz CT molecular complexity index is 968. The molecule has 4 rings (SSSR count). The molecule has 0 N–H and O–H groups in total. The molecule has 0 spiro atoms. The van der Waals surface area contributed by atoms with Gasteiger partial charge in [0, 0.05) is 29.0 Å². The predicted octanol–water partition coefficient (Wildman–Crippen LogP) is 4.52. The molecule has 0 aliphatic carbocycles. The van der Waals surface area contributed by atoms with Crippen LogP contribution < -0.4 is 10.4 Å². The van der Waals surface area contributed by atoms with Gasteiger partial charge in [0.25, 0.3) is 0 Å². The minimum absolute atomic E-state index is 0.275. The number of fused-ring (bicyclic) bond motifs is 3. The molecule has 0 radical (unpaired) electrons. The highest BCUT2D eigenvalue weighted by Crippen LogP contribution is 2.45. The highest BCUT2D eigenvalue weighted by Gasteiger charge is 2.27. The van der Waals surface area contributed by atoms with Crippen LogP contribution in [0.3, 0.4) is 0 Å². The Hall–Kier alpha value is -2.55. The smallest absolute Gasteiger partial charge is 0.336 e. The molecule has 0 unspecified atom stereocenters. The van der Waals surface area contributed by atoms with Crippen LogP contribution in [0.5, 0.6) is 5.75 Å². The fraction of sp³-hybridized carbons (Fsp3) is 0.286. The van der Waals surface area contributed by atoms with Crippen molar-refractivity contribution in [1.29, 1.82) is 0 Å². The standard InChI is InChI=1S/C21H20O3/c1-3-13-12-17(22)24-21-16-10-11-23-20(16)19(15(4-2)18(13)21)14-8-6-5-7-9-14/h5-9,12H,3-4,10-11H2,1-2H3. The lowest BCUT2D eigenvalue weighted by Crippen LogP contribution is -2.05. The summed E-state index contributed by atoms with van der Waals surface area (Å²) in [4.78, 5) is 12.0. The summed E-state index contributed by atoms with van der Waals surface area (Å²) in [6.45, 7) is 4.87. The lowest BCUT2D eigenvalue weighted by molar-refractivity contribution is 0.358. The minimum Gasteiger partial charge on any atom is -0.492 e. The van der Waals surface area contributed by atoms with Crippen LogP contribution in [0.2, 0.25) is 0 Å². The first-order chi connectivity index (χ1) is 11.7. The minimum atomic E-state index is -0.275. The number of hydrogen-bond donors (Lipinski definition) is 0. The third-order valence-electron chi connectivity index (χ3n) is 4.82. The second-order valence-corrected chi connectivity index (χ2v) is 6.13. The molecule has 1 aliphatic rings. The lowest BCUT2D eigenvalue weighted by Gasteiger charge is -2.18. The average molecular weight is 320 g/mol. The normalized spacial score (nSPS) is 13.1. The monoisotopic (exact) mass is 320 g/mol. The van der Waals surface area contributed by atoms with E-state index in [-0.39, 0.29) is 5.63 Å². The molecule has 0 saturated heterocycles. The second kappa shape index (κ2) is 5.82. The Morgan fingerprint density at radius 3 is 2.58 bits per heavy atom. The van der Waals surface area contributed by atoms with Crippen molar-refractivity contribution in [2.24, 2.45) is 0 Å². The summed E-state index contributed by atoms with van der Waals surface area (Å²) in [6.07, 6.45) is 2.45. The molecule has 0 atom stereocenters. The van der Waals surface area contributed by atoms with Crippen LogP contribution in [0, 0.1) is 0 Å². The highest BCUT2D eigenvalue weighted by atomic mass is 16.5. The Morgan fingerprint density at radius 2 is 1.88 bits per heavy atom. The van der Waals surface area contributed by atoms with Crippen molar-refractivity contribution in [3.05, 3.63) is 63.5 Å². The Kier molecular flexibility index (Phi) is 3.64. The van der Waals surface area contributed by atoms with Gasteiger partial charge >= 0.3 is 5.63 Å². The summed E-state index contributed by atoms with van der Waals surface area (Å²) in [5, 5.41) is 1.10. The molecule has 3 nitrogen and oxygen atoms in total. The second-order valence-electron chi connectivity index (χ2n) is 6.13. The predicted molar refractivity (Wildman–Crippen MR) is 95.9 cm³/mol. The molecule has 3 aromatic rings. The van der Waals surface area contributed by atoms with Crippen molar-refractivity contribution in [2.75, 3.05) is 6.61 Å². The summed E-state index contributed by atoms with van der Waals surface area (Å²) in [5.41, 5.74) is 6.06. The van der Waals surface area contributed by atoms with Gasteiger partial charge in [0.2, 0.25) is 0 Å². The molecule has 0 saturated carbocycles. The maximum absolute atomic E-state index is 12.0. The highest BCUT2D eigenvalue weighted by molar-refractivity contribution is 5.97. The molecule has 0 bridgehead atoms. The largest absolute Gasteiger partial charge is 0.492 e. The average Bonchev–Trinajstić information content (AvgIpc) is 3.10. The molecule has 3 heteroatoms. The van der Waals surface area contributed by atoms with Crippen LogP contribution in [-0.2, 0) is 19.3 Å². The number of aryl methyl sites for hydroxylation is 2. The number of ether oxygens (including phenoxy) is 1. The van der Waals surface area contributed by atoms with Crippen molar-refractivity contribution in [1.82, 2.24) is 0 Å². The first kappa shape index (κ1) is 15.0. The molecule has 24 heavy (non-hydrogen) atoms. The molecular formula is C21H20O3. The van der Waals surface area contributed by atoms with E-state index in [1.54, 1.807) is 6.07 Å². The zero-order valence-electron chi connectivity index (χ0n) is 14.0. The molecule has 2 heterocycles. The third-order valence-corrected chi connectivity index (χ3v) is 4.82. The Balaban J connectivity index is 2.21. The van der Waals surface area contributed by atoms with Crippen LogP contribution in [0.25, 0.3) is 22.1 Å². The number of benzene rings is 2. The quantitative estimate of drug-likeness (QED) is 0.666. The van der Waals surface area contributed by atoms with Gasteiger partial charge in [-0.1, -0.05) is 44.2 Å². The third kappa shape index (κ3) is 2.15.